The van der Waals surface area contributed by atoms with Crippen molar-refractivity contribution in [3.05, 3.63) is 69.7 Å². The standard InChI is InChI=1S/C15H12Cl2F2/c1-9-5-12(15(19)8-14(9)18)13(17)7-10-3-2-4-11(16)6-10/h2-6,8,13H,7H2,1H3. The summed E-state index contributed by atoms with van der Waals surface area (Å²) in [6.07, 6.45) is 0.435. The van der Waals surface area contributed by atoms with Crippen LogP contribution in [0.25, 0.3) is 0 Å². The highest BCUT2D eigenvalue weighted by molar-refractivity contribution is 6.30. The van der Waals surface area contributed by atoms with Crippen LogP contribution >= 0.6 is 23.2 Å². The van der Waals surface area contributed by atoms with Gasteiger partial charge in [0.25, 0.3) is 0 Å². The maximum atomic E-state index is 13.7. The Morgan fingerprint density at radius 3 is 2.53 bits per heavy atom. The molecule has 0 amide bonds. The molecular formula is C15H12Cl2F2. The molecule has 0 saturated carbocycles. The van der Waals surface area contributed by atoms with E-state index in [2.05, 4.69) is 0 Å². The summed E-state index contributed by atoms with van der Waals surface area (Å²) < 4.78 is 26.9. The zero-order valence-electron chi connectivity index (χ0n) is 10.3. The average Bonchev–Trinajstić information content (AvgIpc) is 2.33. The van der Waals surface area contributed by atoms with Gasteiger partial charge in [-0.05, 0) is 42.7 Å². The van der Waals surface area contributed by atoms with Crippen molar-refractivity contribution in [2.45, 2.75) is 18.7 Å². The van der Waals surface area contributed by atoms with E-state index < -0.39 is 17.0 Å². The Bertz CT molecular complexity index is 597. The second-order valence-electron chi connectivity index (χ2n) is 4.42. The first-order valence-corrected chi connectivity index (χ1v) is 6.63. The fraction of sp³-hybridized carbons (Fsp3) is 0.200. The quantitative estimate of drug-likeness (QED) is 0.661. The molecule has 0 saturated heterocycles. The van der Waals surface area contributed by atoms with Gasteiger partial charge in [0.1, 0.15) is 11.6 Å². The first-order valence-electron chi connectivity index (χ1n) is 5.81. The van der Waals surface area contributed by atoms with Gasteiger partial charge in [-0.1, -0.05) is 23.7 Å². The summed E-state index contributed by atoms with van der Waals surface area (Å²) in [5.74, 6) is -1.18. The zero-order valence-corrected chi connectivity index (χ0v) is 11.8. The third-order valence-corrected chi connectivity index (χ3v) is 3.54. The van der Waals surface area contributed by atoms with Crippen LogP contribution in [0.3, 0.4) is 0 Å². The summed E-state index contributed by atoms with van der Waals surface area (Å²) in [5.41, 5.74) is 1.60. The molecule has 1 atom stereocenters. The number of alkyl halides is 1. The van der Waals surface area contributed by atoms with Crippen molar-refractivity contribution in [1.29, 1.82) is 0 Å². The van der Waals surface area contributed by atoms with Crippen molar-refractivity contribution in [2.75, 3.05) is 0 Å². The minimum absolute atomic E-state index is 0.306. The lowest BCUT2D eigenvalue weighted by atomic mass is 10.0. The van der Waals surface area contributed by atoms with Gasteiger partial charge in [0.15, 0.2) is 0 Å². The molecule has 2 aromatic rings. The molecule has 100 valence electrons. The molecule has 0 nitrogen and oxygen atoms in total. The Hall–Kier alpha value is -1.12. The van der Waals surface area contributed by atoms with Crippen molar-refractivity contribution in [3.63, 3.8) is 0 Å². The van der Waals surface area contributed by atoms with Gasteiger partial charge in [-0.15, -0.1) is 11.6 Å². The van der Waals surface area contributed by atoms with E-state index in [-0.39, 0.29) is 0 Å². The summed E-state index contributed by atoms with van der Waals surface area (Å²) in [4.78, 5) is 0. The maximum Gasteiger partial charge on any atom is 0.130 e. The Labute approximate surface area is 121 Å². The normalized spacial score (nSPS) is 12.5. The summed E-state index contributed by atoms with van der Waals surface area (Å²) >= 11 is 12.1. The molecule has 2 rings (SSSR count). The second-order valence-corrected chi connectivity index (χ2v) is 5.39. The van der Waals surface area contributed by atoms with E-state index in [1.807, 2.05) is 12.1 Å². The summed E-state index contributed by atoms with van der Waals surface area (Å²) in [5, 5.41) is 0.0508. The molecule has 0 fully saturated rings. The Morgan fingerprint density at radius 1 is 1.11 bits per heavy atom. The van der Waals surface area contributed by atoms with Gasteiger partial charge in [-0.3, -0.25) is 0 Å². The van der Waals surface area contributed by atoms with Gasteiger partial charge >= 0.3 is 0 Å². The van der Waals surface area contributed by atoms with Crippen LogP contribution in [0.5, 0.6) is 0 Å². The smallest absolute Gasteiger partial charge is 0.130 e. The highest BCUT2D eigenvalue weighted by Gasteiger charge is 2.16. The lowest BCUT2D eigenvalue weighted by Crippen LogP contribution is -2.01. The van der Waals surface area contributed by atoms with Crippen molar-refractivity contribution in [2.24, 2.45) is 0 Å². The van der Waals surface area contributed by atoms with Crippen molar-refractivity contribution < 1.29 is 8.78 Å². The molecule has 0 aliphatic heterocycles. The lowest BCUT2D eigenvalue weighted by molar-refractivity contribution is 0.564. The van der Waals surface area contributed by atoms with E-state index in [0.717, 1.165) is 11.6 Å². The molecule has 19 heavy (non-hydrogen) atoms. The summed E-state index contributed by atoms with van der Waals surface area (Å²) in [6.45, 7) is 1.58. The minimum Gasteiger partial charge on any atom is -0.207 e. The van der Waals surface area contributed by atoms with Crippen LogP contribution < -0.4 is 0 Å². The van der Waals surface area contributed by atoms with Crippen molar-refractivity contribution >= 4 is 23.2 Å². The highest BCUT2D eigenvalue weighted by Crippen LogP contribution is 2.29. The van der Waals surface area contributed by atoms with Crippen LogP contribution in [0, 0.1) is 18.6 Å². The molecule has 0 bridgehead atoms. The van der Waals surface area contributed by atoms with Crippen LogP contribution in [-0.4, -0.2) is 0 Å². The molecule has 0 spiro atoms. The van der Waals surface area contributed by atoms with E-state index in [1.165, 1.54) is 6.07 Å². The first kappa shape index (κ1) is 14.3. The fourth-order valence-electron chi connectivity index (χ4n) is 1.90. The molecule has 0 N–H and O–H groups in total. The Kier molecular flexibility index (Phi) is 4.43. The molecule has 1 unspecified atom stereocenters. The fourth-order valence-corrected chi connectivity index (χ4v) is 2.46. The molecule has 0 aliphatic rings. The predicted octanol–water partition coefficient (Wildman–Crippen LogP) is 5.45. The predicted molar refractivity (Wildman–Crippen MR) is 74.8 cm³/mol. The van der Waals surface area contributed by atoms with Gasteiger partial charge in [-0.2, -0.15) is 0 Å². The van der Waals surface area contributed by atoms with Gasteiger partial charge < -0.3 is 0 Å². The molecular weight excluding hydrogens is 289 g/mol. The van der Waals surface area contributed by atoms with Gasteiger partial charge in [-0.25, -0.2) is 8.78 Å². The van der Waals surface area contributed by atoms with Crippen LogP contribution in [0.2, 0.25) is 5.02 Å². The molecule has 2 aromatic carbocycles. The first-order chi connectivity index (χ1) is 8.97. The van der Waals surface area contributed by atoms with Crippen LogP contribution in [0.1, 0.15) is 22.1 Å². The third-order valence-electron chi connectivity index (χ3n) is 2.92. The monoisotopic (exact) mass is 300 g/mol. The number of rotatable bonds is 3. The Balaban J connectivity index is 2.25. The minimum atomic E-state index is -0.620. The van der Waals surface area contributed by atoms with Crippen LogP contribution in [0.15, 0.2) is 36.4 Å². The third kappa shape index (κ3) is 3.46. The van der Waals surface area contributed by atoms with E-state index >= 15 is 0 Å². The number of aryl methyl sites for hydroxylation is 1. The van der Waals surface area contributed by atoms with E-state index in [4.69, 9.17) is 23.2 Å². The van der Waals surface area contributed by atoms with Crippen molar-refractivity contribution in [1.82, 2.24) is 0 Å². The average molecular weight is 301 g/mol. The van der Waals surface area contributed by atoms with Gasteiger partial charge in [0, 0.05) is 16.7 Å². The molecule has 0 aromatic heterocycles. The number of hydrogen-bond acceptors (Lipinski definition) is 0. The number of hydrogen-bond donors (Lipinski definition) is 0. The topological polar surface area (TPSA) is 0 Å². The summed E-state index contributed by atoms with van der Waals surface area (Å²) in [6, 6.07) is 9.55. The van der Waals surface area contributed by atoms with E-state index in [0.29, 0.717) is 22.6 Å². The lowest BCUT2D eigenvalue weighted by Gasteiger charge is -2.12. The molecule has 0 aliphatic carbocycles. The second kappa shape index (κ2) is 5.89. The SMILES string of the molecule is Cc1cc(C(Cl)Cc2cccc(Cl)c2)c(F)cc1F. The number of halogens is 4. The van der Waals surface area contributed by atoms with Crippen molar-refractivity contribution in [3.8, 4) is 0 Å². The molecule has 0 radical (unpaired) electrons. The van der Waals surface area contributed by atoms with Gasteiger partial charge in [0.05, 0.1) is 5.38 Å². The largest absolute Gasteiger partial charge is 0.207 e. The number of benzene rings is 2. The zero-order chi connectivity index (χ0) is 14.0. The van der Waals surface area contributed by atoms with E-state index in [1.54, 1.807) is 19.1 Å². The highest BCUT2D eigenvalue weighted by atomic mass is 35.5. The van der Waals surface area contributed by atoms with Crippen LogP contribution in [0.4, 0.5) is 8.78 Å². The Morgan fingerprint density at radius 2 is 1.84 bits per heavy atom. The maximum absolute atomic E-state index is 13.7. The van der Waals surface area contributed by atoms with Gasteiger partial charge in [0.2, 0.25) is 0 Å². The summed E-state index contributed by atoms with van der Waals surface area (Å²) in [7, 11) is 0. The molecule has 4 heteroatoms. The van der Waals surface area contributed by atoms with E-state index in [9.17, 15) is 8.78 Å². The van der Waals surface area contributed by atoms with Crippen LogP contribution in [-0.2, 0) is 6.42 Å². The molecule has 0 heterocycles.